The predicted octanol–water partition coefficient (Wildman–Crippen LogP) is 4.73. The first-order valence-corrected chi connectivity index (χ1v) is 14.2. The second kappa shape index (κ2) is 8.89. The van der Waals surface area contributed by atoms with Gasteiger partial charge >= 0.3 is 11.9 Å². The summed E-state index contributed by atoms with van der Waals surface area (Å²) in [4.78, 5) is 51.1. The van der Waals surface area contributed by atoms with Crippen LogP contribution in [0.5, 0.6) is 0 Å². The number of rotatable bonds is 4. The summed E-state index contributed by atoms with van der Waals surface area (Å²) in [6.07, 6.45) is 0.890. The van der Waals surface area contributed by atoms with Crippen molar-refractivity contribution < 1.29 is 42.5 Å². The number of carbonyl (C=O) groups excluding carboxylic acids is 4. The van der Waals surface area contributed by atoms with E-state index in [0.29, 0.717) is 12.8 Å². The summed E-state index contributed by atoms with van der Waals surface area (Å²) in [5, 5.41) is 9.69. The van der Waals surface area contributed by atoms with Crippen molar-refractivity contribution in [3.63, 3.8) is 0 Å². The molecule has 0 spiro atoms. The first-order valence-electron chi connectivity index (χ1n) is 13.4. The summed E-state index contributed by atoms with van der Waals surface area (Å²) >= 11 is 0.815. The van der Waals surface area contributed by atoms with Gasteiger partial charge in [0.25, 0.3) is 0 Å². The van der Waals surface area contributed by atoms with Crippen LogP contribution in [0.2, 0.25) is 0 Å². The van der Waals surface area contributed by atoms with Crippen LogP contribution in [0.25, 0.3) is 0 Å². The Balaban J connectivity index is 1.59. The molecule has 10 heteroatoms. The van der Waals surface area contributed by atoms with Gasteiger partial charge in [-0.1, -0.05) is 32.5 Å². The van der Waals surface area contributed by atoms with Gasteiger partial charge in [0.2, 0.25) is 5.12 Å². The zero-order valence-electron chi connectivity index (χ0n) is 22.1. The Morgan fingerprint density at radius 2 is 1.89 bits per heavy atom. The fraction of sp³-hybridized carbons (Fsp3) is 0.714. The first kappa shape index (κ1) is 27.3. The lowest BCUT2D eigenvalue weighted by Crippen LogP contribution is -2.66. The number of hydrogen-bond donors (Lipinski definition) is 1. The molecule has 1 saturated heterocycles. The Hall–Kier alpha value is -2.23. The zero-order chi connectivity index (χ0) is 27.8. The molecule has 0 amide bonds. The van der Waals surface area contributed by atoms with E-state index in [1.165, 1.54) is 6.92 Å². The van der Waals surface area contributed by atoms with Gasteiger partial charge in [-0.2, -0.15) is 0 Å². The summed E-state index contributed by atoms with van der Waals surface area (Å²) in [7, 11) is 0. The third-order valence-electron chi connectivity index (χ3n) is 10.3. The van der Waals surface area contributed by atoms with Crippen molar-refractivity contribution in [3.05, 3.63) is 23.5 Å². The molecule has 4 aliphatic carbocycles. The molecule has 0 aromatic carbocycles. The molecule has 5 rings (SSSR count). The van der Waals surface area contributed by atoms with Gasteiger partial charge in [-0.15, -0.1) is 0 Å². The van der Waals surface area contributed by atoms with E-state index in [-0.39, 0.29) is 37.9 Å². The van der Waals surface area contributed by atoms with Gasteiger partial charge < -0.3 is 14.6 Å². The molecule has 0 radical (unpaired) electrons. The van der Waals surface area contributed by atoms with Crippen molar-refractivity contribution in [1.29, 1.82) is 0 Å². The molecular formula is C28H34F2O7S. The number of aliphatic hydroxyl groups is 1. The van der Waals surface area contributed by atoms with E-state index >= 15 is 8.78 Å². The third-order valence-corrected chi connectivity index (χ3v) is 11.6. The van der Waals surface area contributed by atoms with Crippen LogP contribution in [0.3, 0.4) is 0 Å². The topological polar surface area (TPSA) is 107 Å². The summed E-state index contributed by atoms with van der Waals surface area (Å²) < 4.78 is 44.2. The number of ether oxygens (including phenoxy) is 2. The van der Waals surface area contributed by atoms with Crippen LogP contribution in [-0.4, -0.2) is 57.2 Å². The SMILES string of the molecule is CCC(=O)OC1(C(=O)S[C@H]2CCOC2=O)C(C)C[C@H]2[C@@H]3CC(F)C4=CC(=O)C=C(O)[C@]4(C)C3(F)CC[C@@]21C. The van der Waals surface area contributed by atoms with Gasteiger partial charge in [-0.3, -0.25) is 19.2 Å². The maximum absolute atomic E-state index is 17.4. The molecule has 0 aromatic heterocycles. The predicted molar refractivity (Wildman–Crippen MR) is 134 cm³/mol. The van der Waals surface area contributed by atoms with Crippen LogP contribution < -0.4 is 0 Å². The lowest BCUT2D eigenvalue weighted by Gasteiger charge is -2.61. The number of fused-ring (bicyclic) bond motifs is 5. The molecule has 9 atom stereocenters. The van der Waals surface area contributed by atoms with Crippen LogP contribution in [-0.2, 0) is 28.7 Å². The largest absolute Gasteiger partial charge is 0.511 e. The highest BCUT2D eigenvalue weighted by atomic mass is 32.2. The van der Waals surface area contributed by atoms with E-state index in [9.17, 15) is 24.3 Å². The minimum atomic E-state index is -2.08. The number of cyclic esters (lactones) is 1. The van der Waals surface area contributed by atoms with Crippen LogP contribution in [0.4, 0.5) is 8.78 Å². The fourth-order valence-corrected chi connectivity index (χ4v) is 9.55. The number of carbonyl (C=O) groups is 4. The molecule has 1 heterocycles. The zero-order valence-corrected chi connectivity index (χ0v) is 22.9. The van der Waals surface area contributed by atoms with Crippen molar-refractivity contribution in [2.75, 3.05) is 6.61 Å². The van der Waals surface area contributed by atoms with Crippen LogP contribution >= 0.6 is 11.8 Å². The fourth-order valence-electron chi connectivity index (χ4n) is 8.26. The summed E-state index contributed by atoms with van der Waals surface area (Å²) in [5.41, 5.74) is -6.52. The number of halogens is 2. The quantitative estimate of drug-likeness (QED) is 0.499. The molecule has 38 heavy (non-hydrogen) atoms. The Morgan fingerprint density at radius 1 is 1.18 bits per heavy atom. The van der Waals surface area contributed by atoms with Crippen molar-refractivity contribution >= 4 is 34.6 Å². The maximum atomic E-state index is 17.4. The van der Waals surface area contributed by atoms with Gasteiger partial charge in [0.05, 0.1) is 12.0 Å². The number of alkyl halides is 2. The van der Waals surface area contributed by atoms with Crippen molar-refractivity contribution in [2.24, 2.45) is 28.6 Å². The second-order valence-corrected chi connectivity index (χ2v) is 13.1. The molecule has 3 saturated carbocycles. The molecule has 1 aliphatic heterocycles. The normalized spacial score (nSPS) is 45.8. The molecule has 0 bridgehead atoms. The minimum Gasteiger partial charge on any atom is -0.511 e. The van der Waals surface area contributed by atoms with E-state index < -0.39 is 79.9 Å². The van der Waals surface area contributed by atoms with Crippen molar-refractivity contribution in [2.45, 2.75) is 88.9 Å². The summed E-state index contributed by atoms with van der Waals surface area (Å²) in [6.45, 7) is 6.89. The Labute approximate surface area is 224 Å². The van der Waals surface area contributed by atoms with Gasteiger partial charge in [0, 0.05) is 36.2 Å². The average Bonchev–Trinajstić information content (AvgIpc) is 3.36. The van der Waals surface area contributed by atoms with E-state index in [2.05, 4.69) is 0 Å². The smallest absolute Gasteiger partial charge is 0.319 e. The van der Waals surface area contributed by atoms with Gasteiger partial charge in [0.15, 0.2) is 11.4 Å². The van der Waals surface area contributed by atoms with Crippen LogP contribution in [0, 0.1) is 28.6 Å². The molecular weight excluding hydrogens is 518 g/mol. The number of thioether (sulfide) groups is 1. The second-order valence-electron chi connectivity index (χ2n) is 11.9. The van der Waals surface area contributed by atoms with Crippen molar-refractivity contribution in [3.8, 4) is 0 Å². The minimum absolute atomic E-state index is 0.0284. The van der Waals surface area contributed by atoms with Crippen LogP contribution in [0.15, 0.2) is 23.5 Å². The van der Waals surface area contributed by atoms with Gasteiger partial charge in [-0.25, -0.2) is 8.78 Å². The van der Waals surface area contributed by atoms with Crippen LogP contribution in [0.1, 0.15) is 66.2 Å². The lowest BCUT2D eigenvalue weighted by molar-refractivity contribution is -0.202. The average molecular weight is 553 g/mol. The van der Waals surface area contributed by atoms with Gasteiger partial charge in [-0.05, 0) is 50.2 Å². The molecule has 1 N–H and O–H groups in total. The van der Waals surface area contributed by atoms with E-state index in [1.807, 2.05) is 6.92 Å². The summed E-state index contributed by atoms with van der Waals surface area (Å²) in [6, 6.07) is 0. The van der Waals surface area contributed by atoms with E-state index in [1.54, 1.807) is 13.8 Å². The molecule has 4 unspecified atom stereocenters. The monoisotopic (exact) mass is 552 g/mol. The highest BCUT2D eigenvalue weighted by Crippen LogP contribution is 2.72. The van der Waals surface area contributed by atoms with Crippen molar-refractivity contribution in [1.82, 2.24) is 0 Å². The maximum Gasteiger partial charge on any atom is 0.319 e. The van der Waals surface area contributed by atoms with Gasteiger partial charge in [0.1, 0.15) is 22.8 Å². The highest BCUT2D eigenvalue weighted by molar-refractivity contribution is 8.14. The summed E-state index contributed by atoms with van der Waals surface area (Å²) in [5.74, 6) is -4.10. The number of aliphatic hydroxyl groups excluding tert-OH is 1. The molecule has 5 aliphatic rings. The molecule has 0 aromatic rings. The number of ketones is 1. The Morgan fingerprint density at radius 3 is 2.53 bits per heavy atom. The Kier molecular flexibility index (Phi) is 6.40. The highest BCUT2D eigenvalue weighted by Gasteiger charge is 2.76. The third kappa shape index (κ3) is 3.37. The number of allylic oxidation sites excluding steroid dienone is 3. The first-order chi connectivity index (χ1) is 17.8. The Bertz CT molecular complexity index is 1170. The standard InChI is InChI=1S/C28H34F2O7S/c1-5-22(33)37-28(24(35)38-20-6-9-36-23(20)34)14(2)10-16-17-13-19(29)18-11-15(31)12-21(32)26(18,4)27(17,30)8-7-25(16,28)3/h11-12,14,16-17,19-20,32H,5-10,13H2,1-4H3/t14?,16-,17-,19?,20-,25-,26+,27?,28?/m0/s1. The molecule has 4 fully saturated rings. The lowest BCUT2D eigenvalue weighted by atomic mass is 9.45. The molecule has 7 nitrogen and oxygen atoms in total. The van der Waals surface area contributed by atoms with E-state index in [0.717, 1.165) is 23.9 Å². The van der Waals surface area contributed by atoms with E-state index in [4.69, 9.17) is 9.47 Å². The molecule has 208 valence electrons. The number of hydrogen-bond acceptors (Lipinski definition) is 8. The number of esters is 2.